The zero-order valence-electron chi connectivity index (χ0n) is 9.55. The molecule has 0 spiro atoms. The molecule has 0 aliphatic carbocycles. The minimum absolute atomic E-state index is 0.0589. The largest absolute Gasteiger partial charge is 0.466 e. The first-order chi connectivity index (χ1) is 8.49. The van der Waals surface area contributed by atoms with E-state index in [1.165, 1.54) is 6.07 Å². The fourth-order valence-corrected chi connectivity index (χ4v) is 2.63. The van der Waals surface area contributed by atoms with Crippen LogP contribution in [0.1, 0.15) is 30.3 Å². The number of pyridine rings is 1. The van der Waals surface area contributed by atoms with Crippen molar-refractivity contribution in [3.8, 4) is 0 Å². The predicted octanol–water partition coefficient (Wildman–Crippen LogP) is 3.78. The van der Waals surface area contributed by atoms with Gasteiger partial charge in [-0.1, -0.05) is 15.9 Å². The highest BCUT2D eigenvalue weighted by molar-refractivity contribution is 9.10. The van der Waals surface area contributed by atoms with Gasteiger partial charge in [-0.3, -0.25) is 4.79 Å². The molecule has 0 saturated carbocycles. The monoisotopic (exact) mass is 385 g/mol. The number of hydrogen-bond acceptors (Lipinski definition) is 3. The summed E-state index contributed by atoms with van der Waals surface area (Å²) >= 11 is 6.43. The summed E-state index contributed by atoms with van der Waals surface area (Å²) in [6, 6.07) is 1.22. The van der Waals surface area contributed by atoms with Crippen LogP contribution in [0.15, 0.2) is 10.5 Å². The third kappa shape index (κ3) is 3.98. The number of aromatic nitrogens is 1. The maximum absolute atomic E-state index is 12.7. The van der Waals surface area contributed by atoms with Crippen molar-refractivity contribution in [2.45, 2.75) is 25.1 Å². The van der Waals surface area contributed by atoms with E-state index in [0.29, 0.717) is 21.1 Å². The van der Waals surface area contributed by atoms with Crippen LogP contribution in [0.4, 0.5) is 8.78 Å². The molecule has 0 bridgehead atoms. The summed E-state index contributed by atoms with van der Waals surface area (Å²) in [6.07, 6.45) is -2.73. The molecule has 0 atom stereocenters. The summed E-state index contributed by atoms with van der Waals surface area (Å²) in [7, 11) is 0. The van der Waals surface area contributed by atoms with E-state index in [-0.39, 0.29) is 18.7 Å². The lowest BCUT2D eigenvalue weighted by Crippen LogP contribution is -2.10. The summed E-state index contributed by atoms with van der Waals surface area (Å²) < 4.78 is 30.7. The van der Waals surface area contributed by atoms with Crippen LogP contribution in [0.2, 0.25) is 0 Å². The third-order valence-electron chi connectivity index (χ3n) is 2.11. The summed E-state index contributed by atoms with van der Waals surface area (Å²) in [5.41, 5.74) is 0.548. The second-order valence-electron chi connectivity index (χ2n) is 3.38. The summed E-state index contributed by atoms with van der Waals surface area (Å²) in [4.78, 5) is 15.2. The Kier molecular flexibility index (Phi) is 6.14. The van der Waals surface area contributed by atoms with Gasteiger partial charge in [0.1, 0.15) is 5.69 Å². The fraction of sp³-hybridized carbons (Fsp3) is 0.455. The van der Waals surface area contributed by atoms with Crippen molar-refractivity contribution in [1.82, 2.24) is 4.98 Å². The Labute approximate surface area is 120 Å². The highest BCUT2D eigenvalue weighted by Gasteiger charge is 2.17. The number of rotatable bonds is 5. The van der Waals surface area contributed by atoms with E-state index in [2.05, 4.69) is 36.8 Å². The first-order valence-corrected chi connectivity index (χ1v) is 7.09. The second kappa shape index (κ2) is 7.13. The second-order valence-corrected chi connectivity index (χ2v) is 4.74. The molecule has 0 unspecified atom stereocenters. The Morgan fingerprint density at radius 1 is 1.56 bits per heavy atom. The quantitative estimate of drug-likeness (QED) is 0.571. The Morgan fingerprint density at radius 3 is 2.72 bits per heavy atom. The summed E-state index contributed by atoms with van der Waals surface area (Å²) in [5.74, 6) is -0.454. The molecule has 0 radical (unpaired) electrons. The van der Waals surface area contributed by atoms with Crippen LogP contribution in [-0.4, -0.2) is 17.6 Å². The van der Waals surface area contributed by atoms with Gasteiger partial charge in [0, 0.05) is 9.80 Å². The Morgan fingerprint density at radius 2 is 2.22 bits per heavy atom. The van der Waals surface area contributed by atoms with Crippen molar-refractivity contribution in [2.24, 2.45) is 0 Å². The van der Waals surface area contributed by atoms with Crippen LogP contribution in [-0.2, 0) is 21.3 Å². The van der Waals surface area contributed by atoms with Crippen LogP contribution in [0.25, 0.3) is 0 Å². The smallest absolute Gasteiger partial charge is 0.310 e. The van der Waals surface area contributed by atoms with Crippen LogP contribution in [0.3, 0.4) is 0 Å². The van der Waals surface area contributed by atoms with E-state index in [9.17, 15) is 13.6 Å². The van der Waals surface area contributed by atoms with E-state index < -0.39 is 12.4 Å². The topological polar surface area (TPSA) is 39.2 Å². The van der Waals surface area contributed by atoms with E-state index in [1.807, 2.05) is 0 Å². The molecule has 100 valence electrons. The maximum atomic E-state index is 12.7. The van der Waals surface area contributed by atoms with Gasteiger partial charge in [0.2, 0.25) is 0 Å². The molecule has 0 aliphatic rings. The van der Waals surface area contributed by atoms with E-state index in [0.717, 1.165) is 0 Å². The van der Waals surface area contributed by atoms with Gasteiger partial charge in [-0.05, 0) is 34.5 Å². The van der Waals surface area contributed by atoms with Crippen molar-refractivity contribution >= 4 is 37.8 Å². The molecular weight excluding hydrogens is 376 g/mol. The van der Waals surface area contributed by atoms with E-state index in [1.54, 1.807) is 6.92 Å². The van der Waals surface area contributed by atoms with Crippen molar-refractivity contribution in [3.05, 3.63) is 27.5 Å². The summed E-state index contributed by atoms with van der Waals surface area (Å²) in [6.45, 7) is 1.95. The number of esters is 1. The fourth-order valence-electron chi connectivity index (χ4n) is 1.36. The first kappa shape index (κ1) is 15.5. The van der Waals surface area contributed by atoms with Gasteiger partial charge in [0.05, 0.1) is 18.7 Å². The van der Waals surface area contributed by atoms with Gasteiger partial charge in [0.15, 0.2) is 0 Å². The molecule has 0 amide bonds. The number of carbonyl (C=O) groups is 1. The number of carbonyl (C=O) groups excluding carboxylic acids is 1. The molecule has 0 saturated heterocycles. The Bertz CT molecular complexity index is 441. The van der Waals surface area contributed by atoms with Gasteiger partial charge < -0.3 is 4.74 Å². The number of alkyl halides is 3. The van der Waals surface area contributed by atoms with E-state index >= 15 is 0 Å². The van der Waals surface area contributed by atoms with Crippen molar-refractivity contribution in [3.63, 3.8) is 0 Å². The van der Waals surface area contributed by atoms with Crippen molar-refractivity contribution < 1.29 is 18.3 Å². The number of hydrogen-bond donors (Lipinski definition) is 0. The minimum atomic E-state index is -2.67. The maximum Gasteiger partial charge on any atom is 0.310 e. The first-order valence-electron chi connectivity index (χ1n) is 5.17. The zero-order chi connectivity index (χ0) is 13.7. The SMILES string of the molecule is CCOC(=O)Cc1cc(C(F)F)nc(CBr)c1Br. The molecule has 0 aliphatic heterocycles. The zero-order valence-corrected chi connectivity index (χ0v) is 12.7. The molecule has 18 heavy (non-hydrogen) atoms. The normalized spacial score (nSPS) is 10.8. The molecule has 1 aromatic rings. The standard InChI is InChI=1S/C11H11Br2F2NO2/c1-2-18-9(17)4-6-3-7(11(14)15)16-8(5-12)10(6)13/h3,11H,2,4-5H2,1H3. The van der Waals surface area contributed by atoms with Gasteiger partial charge >= 0.3 is 5.97 Å². The molecule has 1 heterocycles. The van der Waals surface area contributed by atoms with Gasteiger partial charge in [-0.25, -0.2) is 13.8 Å². The minimum Gasteiger partial charge on any atom is -0.466 e. The molecule has 0 fully saturated rings. The predicted molar refractivity (Wildman–Crippen MR) is 69.9 cm³/mol. The summed E-state index contributed by atoms with van der Waals surface area (Å²) in [5, 5.41) is 0.323. The molecule has 3 nitrogen and oxygen atoms in total. The number of halogens is 4. The number of ether oxygens (including phenoxy) is 1. The highest BCUT2D eigenvalue weighted by Crippen LogP contribution is 2.28. The van der Waals surface area contributed by atoms with Crippen LogP contribution >= 0.6 is 31.9 Å². The molecule has 1 aromatic heterocycles. The lowest BCUT2D eigenvalue weighted by atomic mass is 10.1. The molecule has 0 N–H and O–H groups in total. The lowest BCUT2D eigenvalue weighted by molar-refractivity contribution is -0.142. The van der Waals surface area contributed by atoms with Crippen molar-refractivity contribution in [1.29, 1.82) is 0 Å². The van der Waals surface area contributed by atoms with Crippen LogP contribution < -0.4 is 0 Å². The molecule has 7 heteroatoms. The lowest BCUT2D eigenvalue weighted by Gasteiger charge is -2.10. The van der Waals surface area contributed by atoms with Gasteiger partial charge in [-0.15, -0.1) is 0 Å². The Balaban J connectivity index is 3.08. The highest BCUT2D eigenvalue weighted by atomic mass is 79.9. The van der Waals surface area contributed by atoms with E-state index in [4.69, 9.17) is 4.74 Å². The Hall–Kier alpha value is -0.560. The molecular formula is C11H11Br2F2NO2. The molecule has 1 rings (SSSR count). The molecule has 0 aromatic carbocycles. The van der Waals surface area contributed by atoms with Crippen molar-refractivity contribution in [2.75, 3.05) is 6.61 Å². The van der Waals surface area contributed by atoms with Crippen LogP contribution in [0, 0.1) is 0 Å². The van der Waals surface area contributed by atoms with Gasteiger partial charge in [0.25, 0.3) is 6.43 Å². The third-order valence-corrected chi connectivity index (χ3v) is 3.61. The van der Waals surface area contributed by atoms with Gasteiger partial charge in [-0.2, -0.15) is 0 Å². The van der Waals surface area contributed by atoms with Crippen LogP contribution in [0.5, 0.6) is 0 Å². The average Bonchev–Trinajstić information content (AvgIpc) is 2.31. The number of nitrogens with zero attached hydrogens (tertiary/aromatic N) is 1. The average molecular weight is 387 g/mol.